The zero-order chi connectivity index (χ0) is 21.8. The molecule has 166 valence electrons. The van der Waals surface area contributed by atoms with Crippen molar-refractivity contribution in [1.29, 1.82) is 0 Å². The van der Waals surface area contributed by atoms with Crippen LogP contribution in [-0.4, -0.2) is 77.5 Å². The van der Waals surface area contributed by atoms with Crippen molar-refractivity contribution in [2.45, 2.75) is 25.8 Å². The largest absolute Gasteiger partial charge is 0.411 e. The Balaban J connectivity index is 1.26. The van der Waals surface area contributed by atoms with E-state index in [9.17, 15) is 10.0 Å². The molecule has 8 heteroatoms. The minimum absolute atomic E-state index is 0.00280. The lowest BCUT2D eigenvalue weighted by molar-refractivity contribution is 0.0791. The molecule has 2 aliphatic rings. The number of hydrogen-bond donors (Lipinski definition) is 1. The highest BCUT2D eigenvalue weighted by atomic mass is 35.5. The molecule has 0 unspecified atom stereocenters. The average Bonchev–Trinajstić information content (AvgIpc) is 3.16. The second-order valence-corrected chi connectivity index (χ2v) is 8.74. The van der Waals surface area contributed by atoms with Crippen LogP contribution in [-0.2, 0) is 6.54 Å². The Morgan fingerprint density at radius 1 is 1.00 bits per heavy atom. The fourth-order valence-corrected chi connectivity index (χ4v) is 4.55. The van der Waals surface area contributed by atoms with Gasteiger partial charge in [-0.2, -0.15) is 0 Å². The van der Waals surface area contributed by atoms with Gasteiger partial charge in [0.05, 0.1) is 5.71 Å². The van der Waals surface area contributed by atoms with Gasteiger partial charge in [0, 0.05) is 75.2 Å². The molecule has 1 aromatic carbocycles. The van der Waals surface area contributed by atoms with Crippen LogP contribution in [0.25, 0.3) is 0 Å². The van der Waals surface area contributed by atoms with Gasteiger partial charge in [-0.05, 0) is 49.7 Å². The molecule has 1 fully saturated rings. The molecule has 1 N–H and O–H groups in total. The second kappa shape index (κ2) is 9.75. The number of benzene rings is 1. The lowest BCUT2D eigenvalue weighted by Crippen LogP contribution is -2.46. The Bertz CT molecular complexity index is 932. The molecule has 1 saturated heterocycles. The smallest absolute Gasteiger partial charge is 0.270 e. The van der Waals surface area contributed by atoms with E-state index in [1.165, 1.54) is 5.69 Å². The lowest BCUT2D eigenvalue weighted by atomic mass is 10.1. The van der Waals surface area contributed by atoms with E-state index in [0.29, 0.717) is 24.4 Å². The maximum absolute atomic E-state index is 12.8. The molecule has 1 aromatic heterocycles. The Hall–Kier alpha value is -2.51. The summed E-state index contributed by atoms with van der Waals surface area (Å²) in [7, 11) is 1.80. The second-order valence-electron chi connectivity index (χ2n) is 8.31. The normalized spacial score (nSPS) is 19.0. The molecule has 1 amide bonds. The average molecular weight is 444 g/mol. The molecule has 31 heavy (non-hydrogen) atoms. The Morgan fingerprint density at radius 3 is 2.42 bits per heavy atom. The number of fused-ring (bicyclic) bond motifs is 1. The van der Waals surface area contributed by atoms with Gasteiger partial charge in [-0.25, -0.2) is 0 Å². The molecular weight excluding hydrogens is 414 g/mol. The van der Waals surface area contributed by atoms with Crippen LogP contribution in [0, 0.1) is 0 Å². The lowest BCUT2D eigenvalue weighted by Gasteiger charge is -2.36. The Morgan fingerprint density at radius 2 is 1.71 bits per heavy atom. The van der Waals surface area contributed by atoms with Gasteiger partial charge in [-0.1, -0.05) is 16.8 Å². The van der Waals surface area contributed by atoms with Gasteiger partial charge >= 0.3 is 0 Å². The van der Waals surface area contributed by atoms with E-state index in [2.05, 4.69) is 27.1 Å². The summed E-state index contributed by atoms with van der Waals surface area (Å²) in [5.74, 6) is -0.00280. The number of hydrogen-bond acceptors (Lipinski definition) is 5. The van der Waals surface area contributed by atoms with Crippen molar-refractivity contribution in [2.75, 3.05) is 51.2 Å². The van der Waals surface area contributed by atoms with E-state index in [-0.39, 0.29) is 5.91 Å². The van der Waals surface area contributed by atoms with Crippen LogP contribution in [0.4, 0.5) is 5.69 Å². The molecule has 0 aliphatic carbocycles. The molecule has 7 nitrogen and oxygen atoms in total. The number of anilines is 1. The van der Waals surface area contributed by atoms with E-state index in [0.717, 1.165) is 62.7 Å². The number of amides is 1. The number of aromatic nitrogens is 1. The molecule has 3 heterocycles. The number of rotatable bonds is 6. The number of aryl methyl sites for hydroxylation is 1. The van der Waals surface area contributed by atoms with Gasteiger partial charge in [0.15, 0.2) is 0 Å². The highest BCUT2D eigenvalue weighted by Gasteiger charge is 2.27. The molecule has 0 saturated carbocycles. The van der Waals surface area contributed by atoms with Crippen molar-refractivity contribution in [3.8, 4) is 0 Å². The third-order valence-corrected chi connectivity index (χ3v) is 6.57. The molecule has 2 aliphatic heterocycles. The van der Waals surface area contributed by atoms with Gasteiger partial charge in [-0.15, -0.1) is 0 Å². The number of carbonyl (C=O) groups is 1. The van der Waals surface area contributed by atoms with Crippen LogP contribution in [0.1, 0.15) is 35.3 Å². The highest BCUT2D eigenvalue weighted by Crippen LogP contribution is 2.22. The van der Waals surface area contributed by atoms with Gasteiger partial charge in [-0.3, -0.25) is 9.69 Å². The summed E-state index contributed by atoms with van der Waals surface area (Å²) in [4.78, 5) is 19.4. The third-order valence-electron chi connectivity index (χ3n) is 6.32. The quantitative estimate of drug-likeness (QED) is 0.422. The molecule has 2 aromatic rings. The maximum atomic E-state index is 12.8. The first-order valence-electron chi connectivity index (χ1n) is 11.0. The Labute approximate surface area is 188 Å². The summed E-state index contributed by atoms with van der Waals surface area (Å²) >= 11 is 5.99. The van der Waals surface area contributed by atoms with Gasteiger partial charge < -0.3 is 19.6 Å². The minimum atomic E-state index is -0.00280. The monoisotopic (exact) mass is 443 g/mol. The summed E-state index contributed by atoms with van der Waals surface area (Å²) in [5, 5.41) is 13.5. The van der Waals surface area contributed by atoms with Crippen LogP contribution >= 0.6 is 11.6 Å². The van der Waals surface area contributed by atoms with E-state index < -0.39 is 0 Å². The van der Waals surface area contributed by atoms with E-state index in [4.69, 9.17) is 11.6 Å². The molecule has 4 rings (SSSR count). The van der Waals surface area contributed by atoms with Crippen LogP contribution in [0.2, 0.25) is 5.02 Å². The van der Waals surface area contributed by atoms with Gasteiger partial charge in [0.1, 0.15) is 5.69 Å². The molecule has 0 bridgehead atoms. The van der Waals surface area contributed by atoms with Crippen molar-refractivity contribution >= 4 is 28.9 Å². The van der Waals surface area contributed by atoms with Crippen molar-refractivity contribution in [1.82, 2.24) is 14.4 Å². The predicted molar refractivity (Wildman–Crippen MR) is 124 cm³/mol. The zero-order valence-electron chi connectivity index (χ0n) is 18.0. The molecule has 0 atom stereocenters. The van der Waals surface area contributed by atoms with Gasteiger partial charge in [0.2, 0.25) is 0 Å². The first-order valence-corrected chi connectivity index (χ1v) is 11.3. The minimum Gasteiger partial charge on any atom is -0.411 e. The first kappa shape index (κ1) is 21.7. The number of halogens is 1. The molecule has 0 spiro atoms. The fourth-order valence-electron chi connectivity index (χ4n) is 4.42. The number of carbonyl (C=O) groups excluding carboxylic acids is 1. The summed E-state index contributed by atoms with van der Waals surface area (Å²) < 4.78 is 2.02. The summed E-state index contributed by atoms with van der Waals surface area (Å²) in [5.41, 5.74) is 3.22. The van der Waals surface area contributed by atoms with Gasteiger partial charge in [0.25, 0.3) is 5.91 Å². The standard InChI is InChI=1S/C23H30ClN5O2/c1-26-12-9-21(25-31)20-8-13-29(22(20)23(26)30)11-3-2-10-27-14-16-28(17-15-27)19-6-4-18(24)5-7-19/h4-8,13,31H,2-3,9-12,14-17H2,1H3/b25-21-. The maximum Gasteiger partial charge on any atom is 0.270 e. The summed E-state index contributed by atoms with van der Waals surface area (Å²) in [6.07, 6.45) is 4.59. The summed E-state index contributed by atoms with van der Waals surface area (Å²) in [6.45, 7) is 6.58. The summed E-state index contributed by atoms with van der Waals surface area (Å²) in [6, 6.07) is 9.97. The van der Waals surface area contributed by atoms with E-state index in [1.807, 2.05) is 29.0 Å². The zero-order valence-corrected chi connectivity index (χ0v) is 18.8. The molecule has 0 radical (unpaired) electrons. The number of nitrogens with zero attached hydrogens (tertiary/aromatic N) is 5. The molecular formula is C23H30ClN5O2. The van der Waals surface area contributed by atoms with Crippen LogP contribution in [0.3, 0.4) is 0 Å². The van der Waals surface area contributed by atoms with Crippen LogP contribution in [0.15, 0.2) is 41.7 Å². The third kappa shape index (κ3) is 4.88. The first-order chi connectivity index (χ1) is 15.1. The van der Waals surface area contributed by atoms with Crippen molar-refractivity contribution in [3.63, 3.8) is 0 Å². The van der Waals surface area contributed by atoms with Crippen LogP contribution < -0.4 is 4.90 Å². The topological polar surface area (TPSA) is 64.3 Å². The number of unbranched alkanes of at least 4 members (excludes halogenated alkanes) is 1. The Kier molecular flexibility index (Phi) is 6.83. The SMILES string of the molecule is CN1CC/C(=N/O)c2ccn(CCCCN3CCN(c4ccc(Cl)cc4)CC3)c2C1=O. The van der Waals surface area contributed by atoms with Crippen LogP contribution in [0.5, 0.6) is 0 Å². The highest BCUT2D eigenvalue weighted by molar-refractivity contribution is 6.30. The predicted octanol–water partition coefficient (Wildman–Crippen LogP) is 3.40. The van der Waals surface area contributed by atoms with E-state index in [1.54, 1.807) is 11.9 Å². The van der Waals surface area contributed by atoms with Crippen molar-refractivity contribution < 1.29 is 10.0 Å². The van der Waals surface area contributed by atoms with Crippen molar-refractivity contribution in [2.24, 2.45) is 5.16 Å². The van der Waals surface area contributed by atoms with E-state index >= 15 is 0 Å². The van der Waals surface area contributed by atoms with Crippen molar-refractivity contribution in [3.05, 3.63) is 52.8 Å². The fraction of sp³-hybridized carbons (Fsp3) is 0.478. The number of oxime groups is 1. The number of piperazine rings is 1.